The molecular formula is C8H16ClNO3. The van der Waals surface area contributed by atoms with E-state index in [2.05, 4.69) is 0 Å². The number of rotatable bonds is 3. The first-order chi connectivity index (χ1) is 5.69. The molecule has 1 rings (SSSR count). The minimum atomic E-state index is -0.425. The Kier molecular flexibility index (Phi) is 5.29. The van der Waals surface area contributed by atoms with Crippen LogP contribution in [0.3, 0.4) is 0 Å². The highest BCUT2D eigenvalue weighted by atomic mass is 35.5. The average Bonchev–Trinajstić information content (AvgIpc) is 2.45. The van der Waals surface area contributed by atoms with Crippen molar-refractivity contribution in [2.24, 2.45) is 11.7 Å². The quantitative estimate of drug-likeness (QED) is 0.646. The zero-order valence-electron chi connectivity index (χ0n) is 7.60. The number of aliphatic hydroxyl groups excluding tert-OH is 1. The van der Waals surface area contributed by atoms with E-state index >= 15 is 0 Å². The highest BCUT2D eigenvalue weighted by Crippen LogP contribution is 2.24. The van der Waals surface area contributed by atoms with Gasteiger partial charge < -0.3 is 15.6 Å². The first kappa shape index (κ1) is 12.7. The van der Waals surface area contributed by atoms with Gasteiger partial charge in [-0.3, -0.25) is 4.79 Å². The van der Waals surface area contributed by atoms with Gasteiger partial charge in [0.2, 0.25) is 0 Å². The maximum Gasteiger partial charge on any atom is 0.309 e. The summed E-state index contributed by atoms with van der Waals surface area (Å²) in [5.74, 6) is -0.195. The third-order valence-electron chi connectivity index (χ3n) is 2.30. The Bertz CT molecular complexity index is 177. The number of nitrogens with two attached hydrogens (primary N) is 1. The summed E-state index contributed by atoms with van der Waals surface area (Å²) < 4.78 is 4.99. The SMILES string of the molecule is CC[C@@H]1C[C@@H]([C@@H](N)CO)OC1=O.Cl. The third kappa shape index (κ3) is 2.83. The topological polar surface area (TPSA) is 72.6 Å². The Hall–Kier alpha value is -0.320. The largest absolute Gasteiger partial charge is 0.460 e. The summed E-state index contributed by atoms with van der Waals surface area (Å²) in [5, 5.41) is 8.72. The van der Waals surface area contributed by atoms with Gasteiger partial charge in [0.1, 0.15) is 6.10 Å². The average molecular weight is 210 g/mol. The highest BCUT2D eigenvalue weighted by molar-refractivity contribution is 5.85. The van der Waals surface area contributed by atoms with Crippen LogP contribution in [-0.4, -0.2) is 29.8 Å². The molecule has 3 N–H and O–H groups in total. The molecule has 4 nitrogen and oxygen atoms in total. The molecule has 0 spiro atoms. The Morgan fingerprint density at radius 2 is 2.38 bits per heavy atom. The van der Waals surface area contributed by atoms with E-state index < -0.39 is 6.04 Å². The van der Waals surface area contributed by atoms with Crippen molar-refractivity contribution in [2.45, 2.75) is 31.9 Å². The van der Waals surface area contributed by atoms with E-state index in [0.29, 0.717) is 6.42 Å². The molecule has 0 aromatic rings. The van der Waals surface area contributed by atoms with Gasteiger partial charge in [-0.2, -0.15) is 0 Å². The van der Waals surface area contributed by atoms with Crippen LogP contribution in [-0.2, 0) is 9.53 Å². The van der Waals surface area contributed by atoms with Crippen LogP contribution in [0.25, 0.3) is 0 Å². The minimum absolute atomic E-state index is 0. The summed E-state index contributed by atoms with van der Waals surface area (Å²) in [7, 11) is 0. The Morgan fingerprint density at radius 1 is 1.77 bits per heavy atom. The zero-order chi connectivity index (χ0) is 9.14. The summed E-state index contributed by atoms with van der Waals surface area (Å²) in [6.45, 7) is 1.81. The number of carbonyl (C=O) groups excluding carboxylic acids is 1. The summed E-state index contributed by atoms with van der Waals surface area (Å²) in [6, 6.07) is -0.425. The number of esters is 1. The van der Waals surface area contributed by atoms with E-state index in [9.17, 15) is 4.79 Å². The van der Waals surface area contributed by atoms with E-state index in [0.717, 1.165) is 6.42 Å². The molecule has 0 unspecified atom stereocenters. The Labute approximate surface area is 83.9 Å². The van der Waals surface area contributed by atoms with Gasteiger partial charge in [0, 0.05) is 0 Å². The van der Waals surface area contributed by atoms with Crippen molar-refractivity contribution >= 4 is 18.4 Å². The Balaban J connectivity index is 0.00000144. The predicted octanol–water partition coefficient (Wildman–Crippen LogP) is 0.0695. The van der Waals surface area contributed by atoms with Crippen molar-refractivity contribution in [3.8, 4) is 0 Å². The van der Waals surface area contributed by atoms with E-state index in [1.165, 1.54) is 0 Å². The lowest BCUT2D eigenvalue weighted by molar-refractivity contribution is -0.145. The van der Waals surface area contributed by atoms with Gasteiger partial charge in [-0.25, -0.2) is 0 Å². The van der Waals surface area contributed by atoms with Crippen LogP contribution >= 0.6 is 12.4 Å². The molecule has 1 aliphatic heterocycles. The van der Waals surface area contributed by atoms with Crippen LogP contribution in [0.4, 0.5) is 0 Å². The standard InChI is InChI=1S/C8H15NO3.ClH/c1-2-5-3-7(6(9)4-10)12-8(5)11;/h5-7,10H,2-4,9H2,1H3;1H/t5-,6+,7+;/m1./s1. The highest BCUT2D eigenvalue weighted by Gasteiger charge is 2.35. The van der Waals surface area contributed by atoms with Crippen LogP contribution in [0, 0.1) is 5.92 Å². The van der Waals surface area contributed by atoms with Crippen molar-refractivity contribution in [3.05, 3.63) is 0 Å². The van der Waals surface area contributed by atoms with Crippen LogP contribution in [0.1, 0.15) is 19.8 Å². The molecule has 0 aliphatic carbocycles. The molecule has 1 aliphatic rings. The molecule has 1 heterocycles. The van der Waals surface area contributed by atoms with Crippen molar-refractivity contribution in [3.63, 3.8) is 0 Å². The minimum Gasteiger partial charge on any atom is -0.460 e. The molecule has 0 bridgehead atoms. The second kappa shape index (κ2) is 5.42. The van der Waals surface area contributed by atoms with Gasteiger partial charge in [0.05, 0.1) is 18.6 Å². The van der Waals surface area contributed by atoms with Crippen LogP contribution in [0.5, 0.6) is 0 Å². The smallest absolute Gasteiger partial charge is 0.309 e. The lowest BCUT2D eigenvalue weighted by atomic mass is 9.99. The van der Waals surface area contributed by atoms with Crippen LogP contribution < -0.4 is 5.73 Å². The molecule has 0 aromatic carbocycles. The molecule has 3 atom stereocenters. The van der Waals surface area contributed by atoms with E-state index in [4.69, 9.17) is 15.6 Å². The molecule has 5 heteroatoms. The lowest BCUT2D eigenvalue weighted by Gasteiger charge is -2.14. The molecule has 0 amide bonds. The number of aliphatic hydroxyl groups is 1. The van der Waals surface area contributed by atoms with Crippen molar-refractivity contribution in [1.29, 1.82) is 0 Å². The first-order valence-electron chi connectivity index (χ1n) is 4.26. The Morgan fingerprint density at radius 3 is 2.77 bits per heavy atom. The van der Waals surface area contributed by atoms with Crippen LogP contribution in [0.2, 0.25) is 0 Å². The molecule has 1 fully saturated rings. The first-order valence-corrected chi connectivity index (χ1v) is 4.26. The monoisotopic (exact) mass is 209 g/mol. The number of hydrogen-bond acceptors (Lipinski definition) is 4. The zero-order valence-corrected chi connectivity index (χ0v) is 8.42. The molecule has 78 valence electrons. The molecule has 13 heavy (non-hydrogen) atoms. The van der Waals surface area contributed by atoms with E-state index in [1.54, 1.807) is 0 Å². The second-order valence-electron chi connectivity index (χ2n) is 3.16. The number of halogens is 1. The van der Waals surface area contributed by atoms with Crippen LogP contribution in [0.15, 0.2) is 0 Å². The fourth-order valence-corrected chi connectivity index (χ4v) is 1.38. The number of carbonyl (C=O) groups is 1. The molecular weight excluding hydrogens is 194 g/mol. The summed E-state index contributed by atoms with van der Waals surface area (Å²) in [6.07, 6.45) is 1.15. The number of cyclic esters (lactones) is 1. The lowest BCUT2D eigenvalue weighted by Crippen LogP contribution is -2.37. The third-order valence-corrected chi connectivity index (χ3v) is 2.30. The van der Waals surface area contributed by atoms with Gasteiger partial charge >= 0.3 is 5.97 Å². The number of hydrogen-bond donors (Lipinski definition) is 2. The van der Waals surface area contributed by atoms with Gasteiger partial charge in [-0.1, -0.05) is 6.92 Å². The summed E-state index contributed by atoms with van der Waals surface area (Å²) in [5.41, 5.74) is 5.53. The van der Waals surface area contributed by atoms with Crippen molar-refractivity contribution in [1.82, 2.24) is 0 Å². The summed E-state index contributed by atoms with van der Waals surface area (Å²) >= 11 is 0. The van der Waals surface area contributed by atoms with Gasteiger partial charge in [-0.05, 0) is 12.8 Å². The van der Waals surface area contributed by atoms with Gasteiger partial charge in [-0.15, -0.1) is 12.4 Å². The normalized spacial score (nSPS) is 29.3. The van der Waals surface area contributed by atoms with E-state index in [1.807, 2.05) is 6.92 Å². The molecule has 0 saturated carbocycles. The fourth-order valence-electron chi connectivity index (χ4n) is 1.38. The molecule has 1 saturated heterocycles. The predicted molar refractivity (Wildman–Crippen MR) is 50.6 cm³/mol. The maximum atomic E-state index is 11.1. The van der Waals surface area contributed by atoms with Crippen molar-refractivity contribution < 1.29 is 14.6 Å². The second-order valence-corrected chi connectivity index (χ2v) is 3.16. The van der Waals surface area contributed by atoms with Gasteiger partial charge in [0.15, 0.2) is 0 Å². The van der Waals surface area contributed by atoms with E-state index in [-0.39, 0.29) is 37.0 Å². The van der Waals surface area contributed by atoms with Gasteiger partial charge in [0.25, 0.3) is 0 Å². The number of ether oxygens (including phenoxy) is 1. The fraction of sp³-hybridized carbons (Fsp3) is 0.875. The summed E-state index contributed by atoms with van der Waals surface area (Å²) in [4.78, 5) is 11.1. The molecule has 0 aromatic heterocycles. The molecule has 0 radical (unpaired) electrons. The maximum absolute atomic E-state index is 11.1. The van der Waals surface area contributed by atoms with Crippen molar-refractivity contribution in [2.75, 3.05) is 6.61 Å².